The molecule has 1 aliphatic rings. The molecule has 1 saturated carbocycles. The van der Waals surface area contributed by atoms with Gasteiger partial charge in [-0.3, -0.25) is 4.79 Å². The summed E-state index contributed by atoms with van der Waals surface area (Å²) in [6.07, 6.45) is 2.03. The highest BCUT2D eigenvalue weighted by atomic mass is 32.2. The van der Waals surface area contributed by atoms with Crippen LogP contribution in [0, 0.1) is 5.92 Å². The standard InChI is InChI=1S/C16H25N3O3S/c1-3-19(4-2)16(20)13-7-9-14(10-8-13)23(21,22)18-15(11-17)12-5-6-12/h7-10,12,15,18H,3-6,11,17H2,1-2H3. The van der Waals surface area contributed by atoms with E-state index in [1.807, 2.05) is 13.8 Å². The predicted octanol–water partition coefficient (Wildman–Crippen LogP) is 1.18. The van der Waals surface area contributed by atoms with E-state index in [0.29, 0.717) is 31.1 Å². The summed E-state index contributed by atoms with van der Waals surface area (Å²) in [6.45, 7) is 5.36. The highest BCUT2D eigenvalue weighted by molar-refractivity contribution is 7.89. The number of rotatable bonds is 8. The normalized spacial score (nSPS) is 16.1. The van der Waals surface area contributed by atoms with Crippen LogP contribution >= 0.6 is 0 Å². The fourth-order valence-corrected chi connectivity index (χ4v) is 3.89. The number of amides is 1. The van der Waals surface area contributed by atoms with E-state index >= 15 is 0 Å². The monoisotopic (exact) mass is 339 g/mol. The third kappa shape index (κ3) is 4.31. The molecule has 0 saturated heterocycles. The maximum atomic E-state index is 12.4. The average Bonchev–Trinajstić information content (AvgIpc) is 3.38. The van der Waals surface area contributed by atoms with Crippen molar-refractivity contribution < 1.29 is 13.2 Å². The second-order valence-electron chi connectivity index (χ2n) is 5.80. The predicted molar refractivity (Wildman–Crippen MR) is 89.6 cm³/mol. The van der Waals surface area contributed by atoms with Gasteiger partial charge >= 0.3 is 0 Å². The molecule has 6 nitrogen and oxygen atoms in total. The first-order valence-corrected chi connectivity index (χ1v) is 9.53. The van der Waals surface area contributed by atoms with Gasteiger partial charge in [0.05, 0.1) is 4.90 Å². The van der Waals surface area contributed by atoms with Crippen LogP contribution in [0.1, 0.15) is 37.0 Å². The molecule has 7 heteroatoms. The first-order chi connectivity index (χ1) is 10.9. The van der Waals surface area contributed by atoms with Gasteiger partial charge in [-0.1, -0.05) is 0 Å². The average molecular weight is 339 g/mol. The Hall–Kier alpha value is -1.44. The lowest BCUT2D eigenvalue weighted by molar-refractivity contribution is 0.0773. The van der Waals surface area contributed by atoms with E-state index < -0.39 is 10.0 Å². The zero-order valence-corrected chi connectivity index (χ0v) is 14.5. The molecular weight excluding hydrogens is 314 g/mol. The largest absolute Gasteiger partial charge is 0.339 e. The second kappa shape index (κ2) is 7.42. The summed E-state index contributed by atoms with van der Waals surface area (Å²) in [5.41, 5.74) is 6.14. The number of hydrogen-bond acceptors (Lipinski definition) is 4. The second-order valence-corrected chi connectivity index (χ2v) is 7.52. The van der Waals surface area contributed by atoms with E-state index in [4.69, 9.17) is 5.73 Å². The molecule has 2 rings (SSSR count). The minimum Gasteiger partial charge on any atom is -0.339 e. The van der Waals surface area contributed by atoms with Gasteiger partial charge in [0.2, 0.25) is 10.0 Å². The van der Waals surface area contributed by atoms with Crippen LogP contribution in [0.3, 0.4) is 0 Å². The fourth-order valence-electron chi connectivity index (χ4n) is 2.57. The summed E-state index contributed by atoms with van der Waals surface area (Å²) >= 11 is 0. The molecule has 0 aliphatic heterocycles. The molecule has 128 valence electrons. The van der Waals surface area contributed by atoms with Crippen molar-refractivity contribution >= 4 is 15.9 Å². The van der Waals surface area contributed by atoms with Gasteiger partial charge in [0.1, 0.15) is 0 Å². The maximum Gasteiger partial charge on any atom is 0.253 e. The molecule has 1 aliphatic carbocycles. The zero-order valence-electron chi connectivity index (χ0n) is 13.7. The first-order valence-electron chi connectivity index (χ1n) is 8.04. The summed E-state index contributed by atoms with van der Waals surface area (Å²) in [5.74, 6) is 0.253. The Bertz CT molecular complexity index is 635. The Labute approximate surface area is 138 Å². The van der Waals surface area contributed by atoms with E-state index in [1.54, 1.807) is 17.0 Å². The van der Waals surface area contributed by atoms with Crippen molar-refractivity contribution in [2.24, 2.45) is 11.7 Å². The van der Waals surface area contributed by atoms with E-state index in [0.717, 1.165) is 12.8 Å². The summed E-state index contributed by atoms with van der Waals surface area (Å²) in [6, 6.07) is 5.85. The molecular formula is C16H25N3O3S. The first kappa shape index (κ1) is 17.9. The lowest BCUT2D eigenvalue weighted by Gasteiger charge is -2.19. The SMILES string of the molecule is CCN(CC)C(=O)c1ccc(S(=O)(=O)NC(CN)C2CC2)cc1. The van der Waals surface area contributed by atoms with Gasteiger partial charge in [-0.2, -0.15) is 0 Å². The molecule has 23 heavy (non-hydrogen) atoms. The number of nitrogens with two attached hydrogens (primary N) is 1. The molecule has 1 unspecified atom stereocenters. The number of sulfonamides is 1. The number of benzene rings is 1. The molecule has 0 aromatic heterocycles. The molecule has 3 N–H and O–H groups in total. The van der Waals surface area contributed by atoms with Crippen molar-refractivity contribution in [3.8, 4) is 0 Å². The van der Waals surface area contributed by atoms with E-state index in [9.17, 15) is 13.2 Å². The third-order valence-corrected chi connectivity index (χ3v) is 5.72. The number of hydrogen-bond donors (Lipinski definition) is 2. The van der Waals surface area contributed by atoms with Crippen LogP contribution in [0.2, 0.25) is 0 Å². The summed E-state index contributed by atoms with van der Waals surface area (Å²) in [7, 11) is -3.61. The maximum absolute atomic E-state index is 12.4. The number of carbonyl (C=O) groups excluding carboxylic acids is 1. The van der Waals surface area contributed by atoms with E-state index in [2.05, 4.69) is 4.72 Å². The zero-order chi connectivity index (χ0) is 17.0. The van der Waals surface area contributed by atoms with Crippen molar-refractivity contribution in [1.82, 2.24) is 9.62 Å². The minimum absolute atomic E-state index is 0.0928. The van der Waals surface area contributed by atoms with Crippen molar-refractivity contribution in [3.05, 3.63) is 29.8 Å². The molecule has 0 radical (unpaired) electrons. The van der Waals surface area contributed by atoms with Gasteiger partial charge in [0.15, 0.2) is 0 Å². The Morgan fingerprint density at radius 2 is 1.83 bits per heavy atom. The van der Waals surface area contributed by atoms with Crippen molar-refractivity contribution in [1.29, 1.82) is 0 Å². The smallest absolute Gasteiger partial charge is 0.253 e. The summed E-state index contributed by atoms with van der Waals surface area (Å²) in [5, 5.41) is 0. The number of nitrogens with zero attached hydrogens (tertiary/aromatic N) is 1. The highest BCUT2D eigenvalue weighted by Gasteiger charge is 2.33. The molecule has 1 aromatic carbocycles. The summed E-state index contributed by atoms with van der Waals surface area (Å²) in [4.78, 5) is 14.1. The van der Waals surface area contributed by atoms with Gasteiger partial charge in [-0.25, -0.2) is 13.1 Å². The lowest BCUT2D eigenvalue weighted by Crippen LogP contribution is -2.41. The van der Waals surface area contributed by atoms with Crippen LogP contribution in [0.15, 0.2) is 29.2 Å². The molecule has 0 heterocycles. The van der Waals surface area contributed by atoms with Crippen molar-refractivity contribution in [3.63, 3.8) is 0 Å². The molecule has 1 fully saturated rings. The Kier molecular flexibility index (Phi) is 5.78. The van der Waals surface area contributed by atoms with Gasteiger partial charge < -0.3 is 10.6 Å². The van der Waals surface area contributed by atoms with Crippen molar-refractivity contribution in [2.45, 2.75) is 37.6 Å². The fraction of sp³-hybridized carbons (Fsp3) is 0.562. The van der Waals surface area contributed by atoms with Crippen LogP contribution in [0.5, 0.6) is 0 Å². The van der Waals surface area contributed by atoms with Gasteiger partial charge in [-0.15, -0.1) is 0 Å². The van der Waals surface area contributed by atoms with Gasteiger partial charge in [0, 0.05) is 31.2 Å². The Morgan fingerprint density at radius 1 is 1.26 bits per heavy atom. The Morgan fingerprint density at radius 3 is 2.26 bits per heavy atom. The lowest BCUT2D eigenvalue weighted by atomic mass is 10.2. The Balaban J connectivity index is 2.13. The molecule has 1 amide bonds. The number of carbonyl (C=O) groups is 1. The number of nitrogens with one attached hydrogen (secondary N) is 1. The third-order valence-electron chi connectivity index (χ3n) is 4.21. The van der Waals surface area contributed by atoms with Crippen LogP contribution in [0.4, 0.5) is 0 Å². The van der Waals surface area contributed by atoms with E-state index in [1.165, 1.54) is 12.1 Å². The van der Waals surface area contributed by atoms with Crippen LogP contribution < -0.4 is 10.5 Å². The van der Waals surface area contributed by atoms with Crippen LogP contribution in [-0.4, -0.2) is 44.9 Å². The molecule has 0 bridgehead atoms. The molecule has 1 aromatic rings. The summed E-state index contributed by atoms with van der Waals surface area (Å²) < 4.78 is 27.5. The van der Waals surface area contributed by atoms with Crippen LogP contribution in [0.25, 0.3) is 0 Å². The molecule has 0 spiro atoms. The molecule has 1 atom stereocenters. The highest BCUT2D eigenvalue weighted by Crippen LogP contribution is 2.32. The van der Waals surface area contributed by atoms with Crippen LogP contribution in [-0.2, 0) is 10.0 Å². The van der Waals surface area contributed by atoms with Crippen molar-refractivity contribution in [2.75, 3.05) is 19.6 Å². The van der Waals surface area contributed by atoms with Gasteiger partial charge in [-0.05, 0) is 56.9 Å². The quantitative estimate of drug-likeness (QED) is 0.744. The van der Waals surface area contributed by atoms with E-state index in [-0.39, 0.29) is 16.8 Å². The minimum atomic E-state index is -3.61. The topological polar surface area (TPSA) is 92.5 Å². The van der Waals surface area contributed by atoms with Gasteiger partial charge in [0.25, 0.3) is 5.91 Å².